The minimum atomic E-state index is -0.366. The third-order valence-corrected chi connectivity index (χ3v) is 5.76. The number of benzene rings is 2. The maximum atomic E-state index is 12.3. The molecule has 3 rings (SSSR count). The highest BCUT2D eigenvalue weighted by atomic mass is 79.9. The molecular weight excluding hydrogens is 464 g/mol. The molecule has 2 aromatic carbocycles. The highest BCUT2D eigenvalue weighted by Crippen LogP contribution is 2.35. The fourth-order valence-corrected chi connectivity index (χ4v) is 3.77. The molecule has 0 fully saturated rings. The number of amides is 1. The number of nitrogens with zero attached hydrogens (tertiary/aromatic N) is 1. The third kappa shape index (κ3) is 5.19. The number of halogens is 2. The van der Waals surface area contributed by atoms with E-state index >= 15 is 0 Å². The highest BCUT2D eigenvalue weighted by molar-refractivity contribution is 9.10. The molecule has 8 heteroatoms. The van der Waals surface area contributed by atoms with Crippen molar-refractivity contribution in [3.05, 3.63) is 74.9 Å². The first kappa shape index (κ1) is 20.5. The minimum Gasteiger partial charge on any atom is -0.496 e. The van der Waals surface area contributed by atoms with Crippen LogP contribution in [0.3, 0.4) is 0 Å². The zero-order chi connectivity index (χ0) is 20.1. The van der Waals surface area contributed by atoms with Crippen LogP contribution in [0.5, 0.6) is 5.75 Å². The van der Waals surface area contributed by atoms with E-state index in [0.717, 1.165) is 14.9 Å². The fraction of sp³-hybridized carbons (Fsp3) is 0.100. The number of aryl methyl sites for hydroxylation is 1. The van der Waals surface area contributed by atoms with E-state index in [4.69, 9.17) is 20.8 Å². The van der Waals surface area contributed by atoms with E-state index in [9.17, 15) is 4.79 Å². The number of rotatable bonds is 6. The molecular formula is C20H16BrClN2O3S. The Balaban J connectivity index is 1.66. The molecule has 0 spiro atoms. The molecule has 0 unspecified atom stereocenters. The van der Waals surface area contributed by atoms with Gasteiger partial charge in [-0.05, 0) is 64.8 Å². The predicted octanol–water partition coefficient (Wildman–Crippen LogP) is 5.93. The molecule has 1 N–H and O–H groups in total. The number of nitrogens with one attached hydrogen (secondary N) is 1. The second kappa shape index (κ2) is 9.32. The Morgan fingerprint density at radius 2 is 2.00 bits per heavy atom. The van der Waals surface area contributed by atoms with Crippen LogP contribution in [0.15, 0.2) is 72.5 Å². The van der Waals surface area contributed by atoms with Gasteiger partial charge in [0.2, 0.25) is 0 Å². The van der Waals surface area contributed by atoms with Gasteiger partial charge in [0.15, 0.2) is 5.09 Å². The van der Waals surface area contributed by atoms with E-state index in [-0.39, 0.29) is 5.91 Å². The summed E-state index contributed by atoms with van der Waals surface area (Å²) in [6.45, 7) is 1.93. The van der Waals surface area contributed by atoms with Gasteiger partial charge in [-0.25, -0.2) is 5.43 Å². The molecule has 0 saturated heterocycles. The summed E-state index contributed by atoms with van der Waals surface area (Å²) < 4.78 is 11.8. The summed E-state index contributed by atoms with van der Waals surface area (Å²) in [7, 11) is 1.52. The Hall–Kier alpha value is -2.22. The number of carbonyl (C=O) groups excluding carboxylic acids is 1. The van der Waals surface area contributed by atoms with Gasteiger partial charge in [0, 0.05) is 16.0 Å². The van der Waals surface area contributed by atoms with Crippen LogP contribution in [0.1, 0.15) is 21.7 Å². The molecule has 5 nitrogen and oxygen atoms in total. The summed E-state index contributed by atoms with van der Waals surface area (Å²) in [4.78, 5) is 13.3. The summed E-state index contributed by atoms with van der Waals surface area (Å²) in [5.41, 5.74) is 3.89. The Morgan fingerprint density at radius 3 is 2.71 bits per heavy atom. The number of furan rings is 1. The normalized spacial score (nSPS) is 11.0. The van der Waals surface area contributed by atoms with Crippen LogP contribution >= 0.6 is 39.3 Å². The molecule has 0 radical (unpaired) electrons. The Kier molecular flexibility index (Phi) is 6.83. The van der Waals surface area contributed by atoms with Gasteiger partial charge in [0.1, 0.15) is 11.5 Å². The zero-order valence-corrected chi connectivity index (χ0v) is 18.2. The summed E-state index contributed by atoms with van der Waals surface area (Å²) in [6, 6.07) is 14.6. The van der Waals surface area contributed by atoms with Crippen molar-refractivity contribution in [2.75, 3.05) is 7.11 Å². The maximum Gasteiger partial charge on any atom is 0.275 e. The molecule has 0 saturated carbocycles. The summed E-state index contributed by atoms with van der Waals surface area (Å²) >= 11 is 10.8. The topological polar surface area (TPSA) is 63.8 Å². The van der Waals surface area contributed by atoms with Gasteiger partial charge in [-0.1, -0.05) is 29.4 Å². The summed E-state index contributed by atoms with van der Waals surface area (Å²) in [5, 5.41) is 5.32. The number of methoxy groups -OCH3 is 1. The lowest BCUT2D eigenvalue weighted by atomic mass is 10.1. The van der Waals surface area contributed by atoms with Crippen molar-refractivity contribution in [1.29, 1.82) is 0 Å². The first-order valence-corrected chi connectivity index (χ1v) is 10.2. The molecule has 0 aliphatic rings. The monoisotopic (exact) mass is 478 g/mol. The van der Waals surface area contributed by atoms with Crippen LogP contribution in [-0.4, -0.2) is 19.2 Å². The Bertz CT molecular complexity index is 1020. The average Bonchev–Trinajstić information content (AvgIpc) is 3.02. The van der Waals surface area contributed by atoms with Gasteiger partial charge in [-0.3, -0.25) is 4.79 Å². The molecule has 1 amide bonds. The number of hydrogen-bond acceptors (Lipinski definition) is 5. The number of hydrazone groups is 1. The molecule has 3 aromatic rings. The molecule has 0 aliphatic carbocycles. The van der Waals surface area contributed by atoms with E-state index in [2.05, 4.69) is 26.5 Å². The molecule has 0 atom stereocenters. The molecule has 1 heterocycles. The van der Waals surface area contributed by atoms with Crippen molar-refractivity contribution < 1.29 is 13.9 Å². The summed E-state index contributed by atoms with van der Waals surface area (Å²) in [6.07, 6.45) is 1.44. The van der Waals surface area contributed by atoms with Gasteiger partial charge < -0.3 is 9.15 Å². The summed E-state index contributed by atoms with van der Waals surface area (Å²) in [5.74, 6) is 0.629. The molecule has 0 aliphatic heterocycles. The first-order valence-electron chi connectivity index (χ1n) is 8.17. The fourth-order valence-electron chi connectivity index (χ4n) is 2.31. The van der Waals surface area contributed by atoms with Gasteiger partial charge in [0.05, 0.1) is 23.4 Å². The smallest absolute Gasteiger partial charge is 0.275 e. The van der Waals surface area contributed by atoms with Gasteiger partial charge in [-0.15, -0.1) is 0 Å². The van der Waals surface area contributed by atoms with E-state index < -0.39 is 0 Å². The van der Waals surface area contributed by atoms with E-state index in [1.165, 1.54) is 25.1 Å². The van der Waals surface area contributed by atoms with Crippen molar-refractivity contribution >= 4 is 51.4 Å². The van der Waals surface area contributed by atoms with Crippen LogP contribution in [0.25, 0.3) is 0 Å². The lowest BCUT2D eigenvalue weighted by molar-refractivity contribution is 0.0952. The van der Waals surface area contributed by atoms with Gasteiger partial charge in [0.25, 0.3) is 5.91 Å². The van der Waals surface area contributed by atoms with Gasteiger partial charge >= 0.3 is 0 Å². The predicted molar refractivity (Wildman–Crippen MR) is 115 cm³/mol. The van der Waals surface area contributed by atoms with Crippen molar-refractivity contribution in [3.8, 4) is 5.75 Å². The second-order valence-corrected chi connectivity index (χ2v) is 8.08. The van der Waals surface area contributed by atoms with E-state index in [1.807, 2.05) is 37.3 Å². The number of carbonyl (C=O) groups is 1. The lowest BCUT2D eigenvalue weighted by Crippen LogP contribution is -2.18. The molecule has 1 aromatic heterocycles. The molecule has 28 heavy (non-hydrogen) atoms. The van der Waals surface area contributed by atoms with Crippen molar-refractivity contribution in [2.45, 2.75) is 16.9 Å². The highest BCUT2D eigenvalue weighted by Gasteiger charge is 2.12. The Morgan fingerprint density at radius 1 is 1.25 bits per heavy atom. The van der Waals surface area contributed by atoms with Crippen LogP contribution in [0, 0.1) is 6.92 Å². The van der Waals surface area contributed by atoms with Crippen LogP contribution < -0.4 is 10.2 Å². The van der Waals surface area contributed by atoms with E-state index in [1.54, 1.807) is 18.2 Å². The first-order chi connectivity index (χ1) is 13.5. The SMILES string of the molecule is COc1cc(C)ccc1C(=O)N/N=C\c1cc(Br)c(Sc2ccc(Cl)cc2)o1. The standard InChI is InChI=1S/C20H16BrClN2O3S/c1-12-3-8-16(18(9-12)26-2)19(25)24-23-11-14-10-17(21)20(27-14)28-15-6-4-13(22)5-7-15/h3-11H,1-2H3,(H,24,25)/b23-11-. The van der Waals surface area contributed by atoms with Crippen molar-refractivity contribution in [3.63, 3.8) is 0 Å². The third-order valence-electron chi connectivity index (χ3n) is 3.66. The van der Waals surface area contributed by atoms with E-state index in [0.29, 0.717) is 27.2 Å². The minimum absolute atomic E-state index is 0.366. The average molecular weight is 480 g/mol. The quantitative estimate of drug-likeness (QED) is 0.352. The Labute approximate surface area is 180 Å². The second-order valence-electron chi connectivity index (χ2n) is 5.74. The van der Waals surface area contributed by atoms with Crippen LogP contribution in [0.2, 0.25) is 5.02 Å². The molecule has 0 bridgehead atoms. The number of hydrogen-bond donors (Lipinski definition) is 1. The lowest BCUT2D eigenvalue weighted by Gasteiger charge is -2.07. The van der Waals surface area contributed by atoms with Crippen molar-refractivity contribution in [1.82, 2.24) is 5.43 Å². The van der Waals surface area contributed by atoms with Gasteiger partial charge in [-0.2, -0.15) is 5.10 Å². The number of ether oxygens (including phenoxy) is 1. The van der Waals surface area contributed by atoms with Crippen LogP contribution in [-0.2, 0) is 0 Å². The molecule has 144 valence electrons. The zero-order valence-electron chi connectivity index (χ0n) is 15.0. The maximum absolute atomic E-state index is 12.3. The van der Waals surface area contributed by atoms with Crippen molar-refractivity contribution in [2.24, 2.45) is 5.10 Å². The van der Waals surface area contributed by atoms with Crippen LogP contribution in [0.4, 0.5) is 0 Å². The largest absolute Gasteiger partial charge is 0.496 e.